The highest BCUT2D eigenvalue weighted by molar-refractivity contribution is 5.72. The van der Waals surface area contributed by atoms with Gasteiger partial charge in [0.1, 0.15) is 0 Å². The van der Waals surface area contributed by atoms with Gasteiger partial charge in [0, 0.05) is 13.6 Å². The summed E-state index contributed by atoms with van der Waals surface area (Å²) in [5.41, 5.74) is 2.22. The number of nitrogens with one attached hydrogen (secondary N) is 1. The normalized spacial score (nSPS) is 8.75. The van der Waals surface area contributed by atoms with Gasteiger partial charge in [-0.15, -0.1) is 0 Å². The molecule has 0 aromatic carbocycles. The van der Waals surface area contributed by atoms with Crippen molar-refractivity contribution >= 4 is 6.03 Å². The van der Waals surface area contributed by atoms with Gasteiger partial charge in [0.15, 0.2) is 0 Å². The zero-order chi connectivity index (χ0) is 9.40. The molecule has 0 aromatic heterocycles. The van der Waals surface area contributed by atoms with E-state index in [1.807, 2.05) is 6.07 Å². The lowest BCUT2D eigenvalue weighted by Gasteiger charge is -2.15. The summed E-state index contributed by atoms with van der Waals surface area (Å²) in [5, 5.41) is 8.23. The highest BCUT2D eigenvalue weighted by Gasteiger charge is 2.05. The maximum Gasteiger partial charge on any atom is 0.341 e. The van der Waals surface area contributed by atoms with Gasteiger partial charge in [0.25, 0.3) is 0 Å². The molecule has 2 amide bonds. The molecule has 5 nitrogen and oxygen atoms in total. The number of carbonyl (C=O) groups excluding carboxylic acids is 1. The van der Waals surface area contributed by atoms with Crippen molar-refractivity contribution in [2.24, 2.45) is 0 Å². The van der Waals surface area contributed by atoms with Crippen LogP contribution >= 0.6 is 0 Å². The smallest absolute Gasteiger partial charge is 0.325 e. The van der Waals surface area contributed by atoms with E-state index < -0.39 is 0 Å². The quantitative estimate of drug-likeness (QED) is 0.626. The molecule has 0 spiro atoms. The minimum atomic E-state index is -0.327. The molecule has 0 radical (unpaired) electrons. The molecule has 0 aliphatic heterocycles. The summed E-state index contributed by atoms with van der Waals surface area (Å²) in [6.45, 7) is 2.61. The summed E-state index contributed by atoms with van der Waals surface area (Å²) in [4.78, 5) is 17.0. The first-order valence-corrected chi connectivity index (χ1v) is 3.72. The number of hydrogen-bond donors (Lipinski definition) is 1. The predicted octanol–water partition coefficient (Wildman–Crippen LogP) is 0.493. The third-order valence-corrected chi connectivity index (χ3v) is 1.21. The van der Waals surface area contributed by atoms with E-state index in [2.05, 4.69) is 10.3 Å². The van der Waals surface area contributed by atoms with Crippen LogP contribution in [0.25, 0.3) is 0 Å². The first kappa shape index (κ1) is 10.7. The molecule has 0 atom stereocenters. The number of hydroxylamine groups is 1. The fourth-order valence-corrected chi connectivity index (χ4v) is 0.531. The Morgan fingerprint density at radius 2 is 2.42 bits per heavy atom. The molecule has 0 bridgehead atoms. The van der Waals surface area contributed by atoms with E-state index >= 15 is 0 Å². The third-order valence-electron chi connectivity index (χ3n) is 1.21. The fourth-order valence-electron chi connectivity index (χ4n) is 0.531. The molecule has 0 unspecified atom stereocenters. The summed E-state index contributed by atoms with van der Waals surface area (Å²) in [5.74, 6) is 0. The third kappa shape index (κ3) is 4.52. The molecular formula is C7H13N3O2. The SMILES string of the molecule is CCONC(=O)N(C)CCC#N. The Morgan fingerprint density at radius 1 is 1.75 bits per heavy atom. The van der Waals surface area contributed by atoms with Gasteiger partial charge >= 0.3 is 6.03 Å². The van der Waals surface area contributed by atoms with E-state index in [9.17, 15) is 4.79 Å². The second-order valence-corrected chi connectivity index (χ2v) is 2.17. The van der Waals surface area contributed by atoms with Gasteiger partial charge in [-0.2, -0.15) is 5.26 Å². The molecule has 0 rings (SSSR count). The number of carbonyl (C=O) groups is 1. The molecule has 12 heavy (non-hydrogen) atoms. The molecule has 0 aromatic rings. The monoisotopic (exact) mass is 171 g/mol. The zero-order valence-corrected chi connectivity index (χ0v) is 7.33. The maximum atomic E-state index is 11.0. The van der Waals surface area contributed by atoms with Crippen LogP contribution in [-0.2, 0) is 4.84 Å². The van der Waals surface area contributed by atoms with Crippen molar-refractivity contribution in [1.29, 1.82) is 5.26 Å². The highest BCUT2D eigenvalue weighted by atomic mass is 16.7. The molecule has 0 saturated carbocycles. The van der Waals surface area contributed by atoms with E-state index in [4.69, 9.17) is 5.26 Å². The van der Waals surface area contributed by atoms with Gasteiger partial charge < -0.3 is 4.90 Å². The molecule has 5 heteroatoms. The number of rotatable bonds is 4. The summed E-state index contributed by atoms with van der Waals surface area (Å²) < 4.78 is 0. The van der Waals surface area contributed by atoms with Gasteiger partial charge in [-0.25, -0.2) is 10.3 Å². The van der Waals surface area contributed by atoms with Crippen molar-refractivity contribution in [2.45, 2.75) is 13.3 Å². The van der Waals surface area contributed by atoms with Crippen molar-refractivity contribution in [2.75, 3.05) is 20.2 Å². The lowest BCUT2D eigenvalue weighted by molar-refractivity contribution is 0.0589. The Labute approximate surface area is 71.9 Å². The molecule has 0 aliphatic carbocycles. The first-order chi connectivity index (χ1) is 5.72. The van der Waals surface area contributed by atoms with E-state index in [1.165, 1.54) is 4.90 Å². The average molecular weight is 171 g/mol. The molecule has 0 heterocycles. The highest BCUT2D eigenvalue weighted by Crippen LogP contribution is 1.86. The summed E-state index contributed by atoms with van der Waals surface area (Å²) in [6.07, 6.45) is 0.329. The second-order valence-electron chi connectivity index (χ2n) is 2.17. The van der Waals surface area contributed by atoms with Gasteiger partial charge in [-0.05, 0) is 6.92 Å². The van der Waals surface area contributed by atoms with E-state index in [0.29, 0.717) is 19.6 Å². The molecule has 0 saturated heterocycles. The van der Waals surface area contributed by atoms with Crippen LogP contribution in [0.1, 0.15) is 13.3 Å². The molecule has 0 fully saturated rings. The number of nitrogens with zero attached hydrogens (tertiary/aromatic N) is 2. The van der Waals surface area contributed by atoms with Crippen molar-refractivity contribution in [1.82, 2.24) is 10.4 Å². The minimum absolute atomic E-state index is 0.327. The Balaban J connectivity index is 3.55. The summed E-state index contributed by atoms with van der Waals surface area (Å²) in [7, 11) is 1.60. The number of nitriles is 1. The zero-order valence-electron chi connectivity index (χ0n) is 7.33. The average Bonchev–Trinajstić information content (AvgIpc) is 2.10. The second kappa shape index (κ2) is 6.43. The standard InChI is InChI=1S/C7H13N3O2/c1-3-12-9-7(11)10(2)6-4-5-8/h3-4,6H2,1-2H3,(H,9,11). The van der Waals surface area contributed by atoms with Crippen molar-refractivity contribution in [3.05, 3.63) is 0 Å². The van der Waals surface area contributed by atoms with E-state index in [0.717, 1.165) is 0 Å². The molecular weight excluding hydrogens is 158 g/mol. The van der Waals surface area contributed by atoms with Crippen LogP contribution in [0.3, 0.4) is 0 Å². The Bertz CT molecular complexity index is 176. The number of amides is 2. The fraction of sp³-hybridized carbons (Fsp3) is 0.714. The van der Waals surface area contributed by atoms with Crippen LogP contribution in [0.4, 0.5) is 4.79 Å². The van der Waals surface area contributed by atoms with Crippen LogP contribution in [0.5, 0.6) is 0 Å². The largest absolute Gasteiger partial charge is 0.341 e. The lowest BCUT2D eigenvalue weighted by atomic mass is 10.4. The van der Waals surface area contributed by atoms with Crippen LogP contribution in [-0.4, -0.2) is 31.1 Å². The van der Waals surface area contributed by atoms with Crippen molar-refractivity contribution in [3.63, 3.8) is 0 Å². The Morgan fingerprint density at radius 3 is 2.92 bits per heavy atom. The number of hydrogen-bond acceptors (Lipinski definition) is 3. The summed E-state index contributed by atoms with van der Waals surface area (Å²) >= 11 is 0. The van der Waals surface area contributed by atoms with Crippen molar-refractivity contribution < 1.29 is 9.63 Å². The summed E-state index contributed by atoms with van der Waals surface area (Å²) in [6, 6.07) is 1.62. The Hall–Kier alpha value is -1.28. The minimum Gasteiger partial charge on any atom is -0.325 e. The Kier molecular flexibility index (Phi) is 5.75. The van der Waals surface area contributed by atoms with Crippen LogP contribution < -0.4 is 5.48 Å². The molecule has 0 aliphatic rings. The lowest BCUT2D eigenvalue weighted by Crippen LogP contribution is -2.37. The van der Waals surface area contributed by atoms with Gasteiger partial charge in [0.05, 0.1) is 19.1 Å². The van der Waals surface area contributed by atoms with E-state index in [1.54, 1.807) is 14.0 Å². The van der Waals surface area contributed by atoms with Gasteiger partial charge in [-0.1, -0.05) is 0 Å². The predicted molar refractivity (Wildman–Crippen MR) is 43.0 cm³/mol. The van der Waals surface area contributed by atoms with Crippen LogP contribution in [0.2, 0.25) is 0 Å². The molecule has 68 valence electrons. The van der Waals surface area contributed by atoms with Gasteiger partial charge in [-0.3, -0.25) is 4.84 Å². The van der Waals surface area contributed by atoms with Crippen LogP contribution in [0.15, 0.2) is 0 Å². The first-order valence-electron chi connectivity index (χ1n) is 3.72. The molecule has 1 N–H and O–H groups in total. The number of urea groups is 1. The maximum absolute atomic E-state index is 11.0. The van der Waals surface area contributed by atoms with Crippen LogP contribution in [0, 0.1) is 11.3 Å². The van der Waals surface area contributed by atoms with Crippen molar-refractivity contribution in [3.8, 4) is 6.07 Å². The van der Waals surface area contributed by atoms with E-state index in [-0.39, 0.29) is 6.03 Å². The van der Waals surface area contributed by atoms with Gasteiger partial charge in [0.2, 0.25) is 0 Å². The topological polar surface area (TPSA) is 65.4 Å².